The minimum absolute atomic E-state index is 0.00123. The molecule has 0 saturated carbocycles. The van der Waals surface area contributed by atoms with E-state index >= 15 is 0 Å². The van der Waals surface area contributed by atoms with E-state index in [1.54, 1.807) is 11.3 Å². The number of aliphatic hydroxyl groups excluding tert-OH is 1. The summed E-state index contributed by atoms with van der Waals surface area (Å²) < 4.78 is 7.52. The monoisotopic (exact) mass is 441 g/mol. The Balaban J connectivity index is 1.80. The Morgan fingerprint density at radius 1 is 1.29 bits per heavy atom. The predicted octanol–water partition coefficient (Wildman–Crippen LogP) is 4.65. The molecule has 1 aromatic carbocycles. The topological polar surface area (TPSA) is 77.2 Å². The SMILES string of the molecule is CCn1cc(CC[C@H](c2cc(CO)c(C)s2)C(C)(C)C(=O)OCc2ccccc2)nn1. The van der Waals surface area contributed by atoms with Gasteiger partial charge >= 0.3 is 5.97 Å². The van der Waals surface area contributed by atoms with Gasteiger partial charge in [0, 0.05) is 28.4 Å². The van der Waals surface area contributed by atoms with Crippen LogP contribution in [0.5, 0.6) is 0 Å². The Kier molecular flexibility index (Phi) is 7.62. The third-order valence-corrected chi connectivity index (χ3v) is 6.97. The third-order valence-electron chi connectivity index (χ3n) is 5.76. The van der Waals surface area contributed by atoms with Gasteiger partial charge in [0.05, 0.1) is 17.7 Å². The molecule has 0 saturated heterocycles. The summed E-state index contributed by atoms with van der Waals surface area (Å²) in [5, 5.41) is 18.0. The number of nitrogens with zero attached hydrogens (tertiary/aromatic N) is 3. The molecular formula is C24H31N3O3S. The highest BCUT2D eigenvalue weighted by molar-refractivity contribution is 7.12. The lowest BCUT2D eigenvalue weighted by atomic mass is 9.75. The predicted molar refractivity (Wildman–Crippen MR) is 122 cm³/mol. The lowest BCUT2D eigenvalue weighted by molar-refractivity contribution is -0.156. The van der Waals surface area contributed by atoms with E-state index in [0.717, 1.165) is 39.5 Å². The Bertz CT molecular complexity index is 995. The fourth-order valence-electron chi connectivity index (χ4n) is 3.68. The normalized spacial score (nSPS) is 12.7. The maximum atomic E-state index is 13.2. The largest absolute Gasteiger partial charge is 0.460 e. The van der Waals surface area contributed by atoms with E-state index in [1.165, 1.54) is 0 Å². The second kappa shape index (κ2) is 10.2. The van der Waals surface area contributed by atoms with Crippen molar-refractivity contribution in [1.82, 2.24) is 15.0 Å². The van der Waals surface area contributed by atoms with Crippen molar-refractivity contribution in [3.63, 3.8) is 0 Å². The molecule has 166 valence electrons. The van der Waals surface area contributed by atoms with Crippen LogP contribution in [0, 0.1) is 12.3 Å². The van der Waals surface area contributed by atoms with Crippen LogP contribution in [0.4, 0.5) is 0 Å². The molecule has 0 bridgehead atoms. The molecule has 0 aliphatic carbocycles. The van der Waals surface area contributed by atoms with E-state index in [0.29, 0.717) is 6.42 Å². The van der Waals surface area contributed by atoms with Gasteiger partial charge < -0.3 is 9.84 Å². The Labute approximate surface area is 187 Å². The van der Waals surface area contributed by atoms with Gasteiger partial charge in [-0.1, -0.05) is 35.5 Å². The minimum atomic E-state index is -0.737. The first-order chi connectivity index (χ1) is 14.8. The number of thiophene rings is 1. The highest BCUT2D eigenvalue weighted by Crippen LogP contribution is 2.43. The van der Waals surface area contributed by atoms with Gasteiger partial charge in [0.15, 0.2) is 0 Å². The van der Waals surface area contributed by atoms with Gasteiger partial charge in [-0.3, -0.25) is 9.48 Å². The first-order valence-corrected chi connectivity index (χ1v) is 11.5. The molecule has 0 aliphatic heterocycles. The van der Waals surface area contributed by atoms with E-state index in [4.69, 9.17) is 4.74 Å². The molecule has 3 rings (SSSR count). The molecule has 0 spiro atoms. The first kappa shape index (κ1) is 23.2. The molecule has 7 heteroatoms. The standard InChI is InChI=1S/C24H31N3O3S/c1-5-27-14-20(25-26-27)11-12-21(22-13-19(15-28)17(2)31-22)24(3,4)23(29)30-16-18-9-7-6-8-10-18/h6-10,13-14,21,28H,5,11-12,15-16H2,1-4H3/t21-/m1/s1. The Morgan fingerprint density at radius 2 is 2.03 bits per heavy atom. The maximum Gasteiger partial charge on any atom is 0.312 e. The zero-order valence-corrected chi connectivity index (χ0v) is 19.5. The second-order valence-electron chi connectivity index (χ2n) is 8.33. The van der Waals surface area contributed by atoms with Crippen LogP contribution >= 0.6 is 11.3 Å². The third kappa shape index (κ3) is 5.60. The van der Waals surface area contributed by atoms with Gasteiger partial charge in [0.2, 0.25) is 0 Å². The average Bonchev–Trinajstić information content (AvgIpc) is 3.38. The number of aromatic nitrogens is 3. The van der Waals surface area contributed by atoms with Crippen LogP contribution in [-0.4, -0.2) is 26.1 Å². The van der Waals surface area contributed by atoms with Crippen LogP contribution in [-0.2, 0) is 35.7 Å². The number of rotatable bonds is 10. The number of esters is 1. The zero-order chi connectivity index (χ0) is 22.4. The summed E-state index contributed by atoms with van der Waals surface area (Å²) in [5.74, 6) is -0.290. The van der Waals surface area contributed by atoms with Crippen molar-refractivity contribution in [2.24, 2.45) is 5.41 Å². The maximum absolute atomic E-state index is 13.2. The minimum Gasteiger partial charge on any atom is -0.460 e. The molecule has 3 aromatic rings. The van der Waals surface area contributed by atoms with Crippen LogP contribution in [0.15, 0.2) is 42.6 Å². The highest BCUT2D eigenvalue weighted by atomic mass is 32.1. The van der Waals surface area contributed by atoms with Crippen molar-refractivity contribution in [2.75, 3.05) is 0 Å². The van der Waals surface area contributed by atoms with E-state index in [9.17, 15) is 9.90 Å². The fraction of sp³-hybridized carbons (Fsp3) is 0.458. The summed E-state index contributed by atoms with van der Waals surface area (Å²) in [4.78, 5) is 15.3. The van der Waals surface area contributed by atoms with Crippen molar-refractivity contribution in [1.29, 1.82) is 0 Å². The lowest BCUT2D eigenvalue weighted by Crippen LogP contribution is -2.33. The van der Waals surface area contributed by atoms with E-state index < -0.39 is 5.41 Å². The first-order valence-electron chi connectivity index (χ1n) is 10.6. The molecule has 1 atom stereocenters. The van der Waals surface area contributed by atoms with E-state index in [2.05, 4.69) is 10.3 Å². The van der Waals surface area contributed by atoms with E-state index in [1.807, 2.05) is 75.0 Å². The smallest absolute Gasteiger partial charge is 0.312 e. The van der Waals surface area contributed by atoms with Crippen LogP contribution in [0.1, 0.15) is 59.7 Å². The molecule has 31 heavy (non-hydrogen) atoms. The zero-order valence-electron chi connectivity index (χ0n) is 18.7. The van der Waals surface area contributed by atoms with Crippen LogP contribution in [0.2, 0.25) is 0 Å². The molecule has 1 N–H and O–H groups in total. The molecule has 0 aliphatic rings. The highest BCUT2D eigenvalue weighted by Gasteiger charge is 2.40. The van der Waals surface area contributed by atoms with Gasteiger partial charge in [-0.25, -0.2) is 0 Å². The number of hydrogen-bond donors (Lipinski definition) is 1. The fourth-order valence-corrected chi connectivity index (χ4v) is 5.05. The van der Waals surface area contributed by atoms with Crippen molar-refractivity contribution < 1.29 is 14.6 Å². The van der Waals surface area contributed by atoms with Crippen molar-refractivity contribution in [3.8, 4) is 0 Å². The average molecular weight is 442 g/mol. The molecular weight excluding hydrogens is 410 g/mol. The number of carbonyl (C=O) groups is 1. The number of aryl methyl sites for hydroxylation is 3. The van der Waals surface area contributed by atoms with Gasteiger partial charge in [0.1, 0.15) is 6.61 Å². The molecule has 0 radical (unpaired) electrons. The van der Waals surface area contributed by atoms with Gasteiger partial charge in [-0.15, -0.1) is 16.4 Å². The van der Waals surface area contributed by atoms with Crippen LogP contribution in [0.25, 0.3) is 0 Å². The summed E-state index contributed by atoms with van der Waals surface area (Å²) in [6, 6.07) is 11.7. The number of hydrogen-bond acceptors (Lipinski definition) is 6. The number of ether oxygens (including phenoxy) is 1. The summed E-state index contributed by atoms with van der Waals surface area (Å²) in [7, 11) is 0. The van der Waals surface area contributed by atoms with Gasteiger partial charge in [-0.05, 0) is 57.7 Å². The molecule has 0 fully saturated rings. The summed E-state index contributed by atoms with van der Waals surface area (Å²) in [5.41, 5.74) is 2.06. The molecule has 6 nitrogen and oxygen atoms in total. The molecule has 2 aromatic heterocycles. The summed E-state index contributed by atoms with van der Waals surface area (Å²) in [6.07, 6.45) is 3.41. The van der Waals surface area contributed by atoms with Gasteiger partial charge in [0.25, 0.3) is 0 Å². The molecule has 0 amide bonds. The van der Waals surface area contributed by atoms with E-state index in [-0.39, 0.29) is 25.1 Å². The number of benzene rings is 1. The quantitative estimate of drug-likeness (QED) is 0.464. The molecule has 2 heterocycles. The van der Waals surface area contributed by atoms with Crippen LogP contribution < -0.4 is 0 Å². The van der Waals surface area contributed by atoms with Crippen molar-refractivity contribution >= 4 is 17.3 Å². The number of aliphatic hydroxyl groups is 1. The van der Waals surface area contributed by atoms with Crippen molar-refractivity contribution in [2.45, 2.75) is 66.2 Å². The lowest BCUT2D eigenvalue weighted by Gasteiger charge is -2.31. The summed E-state index contributed by atoms with van der Waals surface area (Å²) in [6.45, 7) is 8.95. The van der Waals surface area contributed by atoms with Crippen LogP contribution in [0.3, 0.4) is 0 Å². The molecule has 0 unspecified atom stereocenters. The second-order valence-corrected chi connectivity index (χ2v) is 9.62. The Hall–Kier alpha value is -2.51. The number of carbonyl (C=O) groups excluding carboxylic acids is 1. The van der Waals surface area contributed by atoms with Gasteiger partial charge in [-0.2, -0.15) is 0 Å². The van der Waals surface area contributed by atoms with Crippen molar-refractivity contribution in [3.05, 3.63) is 69.2 Å². The summed E-state index contributed by atoms with van der Waals surface area (Å²) >= 11 is 1.64. The Morgan fingerprint density at radius 3 is 2.65 bits per heavy atom.